The molecule has 0 spiro atoms. The van der Waals surface area contributed by atoms with Gasteiger partial charge in [0.25, 0.3) is 0 Å². The number of pyridine rings is 1. The molecule has 2 heterocycles. The van der Waals surface area contributed by atoms with E-state index in [1.54, 1.807) is 0 Å². The first kappa shape index (κ1) is 12.9. The molecule has 0 bridgehead atoms. The van der Waals surface area contributed by atoms with E-state index >= 15 is 0 Å². The molecule has 5 heteroatoms. The Morgan fingerprint density at radius 2 is 2.12 bits per heavy atom. The lowest BCUT2D eigenvalue weighted by atomic mass is 9.99. The van der Waals surface area contributed by atoms with Crippen LogP contribution in [0.3, 0.4) is 0 Å². The normalized spacial score (nSPS) is 14.4. The van der Waals surface area contributed by atoms with Crippen molar-refractivity contribution >= 4 is 18.1 Å². The molecule has 0 saturated heterocycles. The number of halogens is 1. The molecule has 2 aromatic heterocycles. The average molecular weight is 241 g/mol. The smallest absolute Gasteiger partial charge is 0.160 e. The minimum absolute atomic E-state index is 0. The van der Waals surface area contributed by atoms with Gasteiger partial charge < -0.3 is 5.73 Å². The Hall–Kier alpha value is -1.13. The fourth-order valence-electron chi connectivity index (χ4n) is 1.60. The Morgan fingerprint density at radius 1 is 1.38 bits per heavy atom. The summed E-state index contributed by atoms with van der Waals surface area (Å²) >= 11 is 0. The first-order chi connectivity index (χ1) is 7.24. The van der Waals surface area contributed by atoms with Gasteiger partial charge in [-0.25, -0.2) is 0 Å². The number of nitrogens with two attached hydrogens (primary N) is 1. The van der Waals surface area contributed by atoms with E-state index in [0.717, 1.165) is 17.9 Å². The molecule has 2 N–H and O–H groups in total. The molecule has 16 heavy (non-hydrogen) atoms. The number of nitrogens with zero attached hydrogens (tertiary/aromatic N) is 3. The van der Waals surface area contributed by atoms with Gasteiger partial charge in [0.05, 0.1) is 6.04 Å². The summed E-state index contributed by atoms with van der Waals surface area (Å²) in [5, 5.41) is 8.24. The van der Waals surface area contributed by atoms with Gasteiger partial charge in [-0.2, -0.15) is 0 Å². The summed E-state index contributed by atoms with van der Waals surface area (Å²) in [6.07, 6.45) is 3.00. The molecule has 88 valence electrons. The molecule has 2 unspecified atom stereocenters. The van der Waals surface area contributed by atoms with Crippen LogP contribution in [0.4, 0.5) is 0 Å². The summed E-state index contributed by atoms with van der Waals surface area (Å²) in [5.74, 6) is 1.26. The van der Waals surface area contributed by atoms with Crippen LogP contribution >= 0.6 is 12.4 Å². The zero-order valence-corrected chi connectivity index (χ0v) is 10.3. The predicted molar refractivity (Wildman–Crippen MR) is 66.6 cm³/mol. The van der Waals surface area contributed by atoms with Crippen molar-refractivity contribution in [2.45, 2.75) is 26.3 Å². The first-order valence-electron chi connectivity index (χ1n) is 5.29. The van der Waals surface area contributed by atoms with Crippen molar-refractivity contribution in [1.29, 1.82) is 0 Å². The Kier molecular flexibility index (Phi) is 4.26. The zero-order valence-electron chi connectivity index (χ0n) is 9.50. The number of hydrogen-bond donors (Lipinski definition) is 1. The van der Waals surface area contributed by atoms with E-state index in [9.17, 15) is 0 Å². The summed E-state index contributed by atoms with van der Waals surface area (Å²) in [4.78, 5) is 0. The average Bonchev–Trinajstić information content (AvgIpc) is 2.70. The van der Waals surface area contributed by atoms with Crippen molar-refractivity contribution in [2.24, 2.45) is 11.7 Å². The monoisotopic (exact) mass is 240 g/mol. The van der Waals surface area contributed by atoms with Gasteiger partial charge in [0.15, 0.2) is 11.5 Å². The van der Waals surface area contributed by atoms with E-state index in [0.29, 0.717) is 5.92 Å². The maximum absolute atomic E-state index is 6.14. The van der Waals surface area contributed by atoms with Crippen LogP contribution in [0.15, 0.2) is 24.4 Å². The molecule has 0 aliphatic rings. The van der Waals surface area contributed by atoms with Gasteiger partial charge in [-0.1, -0.05) is 26.3 Å². The SMILES string of the molecule is CCC(C)C(N)c1nnc2ccccn12.Cl. The molecule has 2 rings (SSSR count). The second-order valence-corrected chi connectivity index (χ2v) is 3.90. The first-order valence-corrected chi connectivity index (χ1v) is 5.29. The van der Waals surface area contributed by atoms with Gasteiger partial charge in [-0.3, -0.25) is 4.40 Å². The molecule has 2 atom stereocenters. The quantitative estimate of drug-likeness (QED) is 0.895. The Morgan fingerprint density at radius 3 is 2.81 bits per heavy atom. The summed E-state index contributed by atoms with van der Waals surface area (Å²) < 4.78 is 1.96. The largest absolute Gasteiger partial charge is 0.321 e. The third kappa shape index (κ3) is 2.18. The second kappa shape index (κ2) is 5.27. The molecule has 0 aliphatic carbocycles. The molecular formula is C11H17ClN4. The van der Waals surface area contributed by atoms with Crippen molar-refractivity contribution in [3.63, 3.8) is 0 Å². The van der Waals surface area contributed by atoms with E-state index in [1.165, 1.54) is 0 Å². The van der Waals surface area contributed by atoms with Crippen LogP contribution in [0.1, 0.15) is 32.1 Å². The molecule has 0 fully saturated rings. The van der Waals surface area contributed by atoms with E-state index in [2.05, 4.69) is 24.0 Å². The van der Waals surface area contributed by atoms with Gasteiger partial charge in [0.2, 0.25) is 0 Å². The van der Waals surface area contributed by atoms with Crippen LogP contribution in [0.25, 0.3) is 5.65 Å². The molecule has 0 radical (unpaired) electrons. The fraction of sp³-hybridized carbons (Fsp3) is 0.455. The van der Waals surface area contributed by atoms with Crippen LogP contribution in [-0.4, -0.2) is 14.6 Å². The topological polar surface area (TPSA) is 56.2 Å². The van der Waals surface area contributed by atoms with Gasteiger partial charge >= 0.3 is 0 Å². The summed E-state index contributed by atoms with van der Waals surface area (Å²) in [5.41, 5.74) is 6.99. The Bertz CT molecular complexity index is 454. The molecular weight excluding hydrogens is 224 g/mol. The van der Waals surface area contributed by atoms with Crippen molar-refractivity contribution in [3.05, 3.63) is 30.2 Å². The van der Waals surface area contributed by atoms with Gasteiger partial charge in [0, 0.05) is 6.20 Å². The molecule has 2 aromatic rings. The third-order valence-corrected chi connectivity index (χ3v) is 2.90. The number of rotatable bonds is 3. The minimum atomic E-state index is -0.0487. The van der Waals surface area contributed by atoms with Gasteiger partial charge in [-0.05, 0) is 18.1 Å². The highest BCUT2D eigenvalue weighted by Gasteiger charge is 2.18. The lowest BCUT2D eigenvalue weighted by molar-refractivity contribution is 0.436. The van der Waals surface area contributed by atoms with Gasteiger partial charge in [0.1, 0.15) is 0 Å². The van der Waals surface area contributed by atoms with Crippen molar-refractivity contribution < 1.29 is 0 Å². The van der Waals surface area contributed by atoms with Crippen LogP contribution in [-0.2, 0) is 0 Å². The van der Waals surface area contributed by atoms with E-state index in [1.807, 2.05) is 28.8 Å². The van der Waals surface area contributed by atoms with Crippen molar-refractivity contribution in [1.82, 2.24) is 14.6 Å². The van der Waals surface area contributed by atoms with E-state index < -0.39 is 0 Å². The van der Waals surface area contributed by atoms with E-state index in [4.69, 9.17) is 5.73 Å². The highest BCUT2D eigenvalue weighted by Crippen LogP contribution is 2.20. The van der Waals surface area contributed by atoms with Crippen LogP contribution in [0.5, 0.6) is 0 Å². The van der Waals surface area contributed by atoms with E-state index in [-0.39, 0.29) is 18.4 Å². The molecule has 4 nitrogen and oxygen atoms in total. The van der Waals surface area contributed by atoms with Crippen LogP contribution in [0, 0.1) is 5.92 Å². The molecule has 0 saturated carbocycles. The number of fused-ring (bicyclic) bond motifs is 1. The predicted octanol–water partition coefficient (Wildman–Crippen LogP) is 2.20. The van der Waals surface area contributed by atoms with Crippen molar-refractivity contribution in [3.8, 4) is 0 Å². The maximum Gasteiger partial charge on any atom is 0.160 e. The lowest BCUT2D eigenvalue weighted by Gasteiger charge is -2.16. The summed E-state index contributed by atoms with van der Waals surface area (Å²) in [6.45, 7) is 4.27. The lowest BCUT2D eigenvalue weighted by Crippen LogP contribution is -2.21. The molecule has 0 amide bonds. The second-order valence-electron chi connectivity index (χ2n) is 3.90. The van der Waals surface area contributed by atoms with Crippen LogP contribution in [0.2, 0.25) is 0 Å². The summed E-state index contributed by atoms with van der Waals surface area (Å²) in [7, 11) is 0. The highest BCUT2D eigenvalue weighted by molar-refractivity contribution is 5.85. The number of hydrogen-bond acceptors (Lipinski definition) is 3. The fourth-order valence-corrected chi connectivity index (χ4v) is 1.60. The summed E-state index contributed by atoms with van der Waals surface area (Å²) in [6, 6.07) is 5.79. The maximum atomic E-state index is 6.14. The zero-order chi connectivity index (χ0) is 10.8. The Balaban J connectivity index is 0.00000128. The van der Waals surface area contributed by atoms with Crippen LogP contribution < -0.4 is 5.73 Å². The standard InChI is InChI=1S/C11H16N4.ClH/c1-3-8(2)10(12)11-14-13-9-6-4-5-7-15(9)11;/h4-8,10H,3,12H2,1-2H3;1H. The number of aromatic nitrogens is 3. The van der Waals surface area contributed by atoms with Crippen molar-refractivity contribution in [2.75, 3.05) is 0 Å². The Labute approximate surface area is 101 Å². The highest BCUT2D eigenvalue weighted by atomic mass is 35.5. The minimum Gasteiger partial charge on any atom is -0.321 e. The molecule has 0 aliphatic heterocycles. The van der Waals surface area contributed by atoms with Gasteiger partial charge in [-0.15, -0.1) is 22.6 Å². The third-order valence-electron chi connectivity index (χ3n) is 2.90. The molecule has 0 aromatic carbocycles.